The van der Waals surface area contributed by atoms with Crippen LogP contribution in [0.4, 0.5) is 11.4 Å². The van der Waals surface area contributed by atoms with Gasteiger partial charge in [-0.25, -0.2) is 0 Å². The topological polar surface area (TPSA) is 102 Å². The summed E-state index contributed by atoms with van der Waals surface area (Å²) in [7, 11) is 0. The van der Waals surface area contributed by atoms with Gasteiger partial charge in [0.2, 0.25) is 0 Å². The van der Waals surface area contributed by atoms with E-state index in [1.54, 1.807) is 37.0 Å². The first-order chi connectivity index (χ1) is 14.2. The van der Waals surface area contributed by atoms with Crippen molar-refractivity contribution >= 4 is 47.0 Å². The maximum atomic E-state index is 7.25. The van der Waals surface area contributed by atoms with Gasteiger partial charge in [0.1, 0.15) is 5.59 Å². The Morgan fingerprint density at radius 1 is 0.867 bits per heavy atom. The van der Waals surface area contributed by atoms with E-state index in [-0.39, 0.29) is 16.8 Å². The van der Waals surface area contributed by atoms with Gasteiger partial charge in [-0.1, -0.05) is 47.5 Å². The van der Waals surface area contributed by atoms with Crippen molar-refractivity contribution in [3.63, 3.8) is 0 Å². The van der Waals surface area contributed by atoms with Crippen LogP contribution in [0.2, 0.25) is 10.0 Å². The van der Waals surface area contributed by atoms with Crippen molar-refractivity contribution in [3.05, 3.63) is 75.1 Å². The van der Waals surface area contributed by atoms with E-state index in [0.717, 1.165) is 24.6 Å². The number of nitrogens with zero attached hydrogens (tertiary/aromatic N) is 5. The third-order valence-corrected chi connectivity index (χ3v) is 4.39. The van der Waals surface area contributed by atoms with E-state index in [4.69, 9.17) is 38.4 Å². The summed E-state index contributed by atoms with van der Waals surface area (Å²) >= 11 is 12.1. The molecule has 0 bridgehead atoms. The summed E-state index contributed by atoms with van der Waals surface area (Å²) in [4.78, 5) is 24.3. The van der Waals surface area contributed by atoms with Crippen LogP contribution >= 0.6 is 23.2 Å². The fraction of sp³-hybridized carbons (Fsp3) is 0.200. The van der Waals surface area contributed by atoms with Gasteiger partial charge in [0.05, 0.1) is 21.4 Å². The molecule has 2 aromatic heterocycles. The van der Waals surface area contributed by atoms with Crippen LogP contribution in [0.5, 0.6) is 0 Å². The Morgan fingerprint density at radius 2 is 1.30 bits per heavy atom. The van der Waals surface area contributed by atoms with E-state index < -0.39 is 0 Å². The van der Waals surface area contributed by atoms with Crippen LogP contribution in [0.3, 0.4) is 0 Å². The van der Waals surface area contributed by atoms with E-state index in [9.17, 15) is 0 Å². The van der Waals surface area contributed by atoms with Crippen LogP contribution in [0.15, 0.2) is 58.8 Å². The van der Waals surface area contributed by atoms with Crippen molar-refractivity contribution < 1.29 is 21.5 Å². The van der Waals surface area contributed by atoms with Crippen molar-refractivity contribution in [2.75, 3.05) is 13.2 Å². The number of hydrogen-bond donors (Lipinski definition) is 0. The Kier molecular flexibility index (Phi) is 12.6. The summed E-state index contributed by atoms with van der Waals surface area (Å²) in [5.74, 6) is 0. The second-order valence-electron chi connectivity index (χ2n) is 5.72. The molecule has 0 spiro atoms. The Morgan fingerprint density at radius 3 is 1.60 bits per heavy atom. The van der Waals surface area contributed by atoms with Gasteiger partial charge in [0.25, 0.3) is 0 Å². The predicted molar refractivity (Wildman–Crippen MR) is 116 cm³/mol. The summed E-state index contributed by atoms with van der Waals surface area (Å²) in [5, 5.41) is 0.851. The quantitative estimate of drug-likeness (QED) is 0.493. The minimum Gasteiger partial charge on any atom is -0.663 e. The summed E-state index contributed by atoms with van der Waals surface area (Å²) in [5.41, 5.74) is 8.50. The van der Waals surface area contributed by atoms with Crippen molar-refractivity contribution in [2.24, 2.45) is 9.98 Å². The molecule has 0 unspecified atom stereocenters. The molecule has 0 amide bonds. The fourth-order valence-electron chi connectivity index (χ4n) is 2.29. The molecule has 1 aromatic carbocycles. The van der Waals surface area contributed by atoms with Gasteiger partial charge >= 0.3 is 16.8 Å². The Balaban J connectivity index is 0.000000485. The second-order valence-corrected chi connectivity index (χ2v) is 6.53. The minimum atomic E-state index is 0. The number of ether oxygens (including phenoxy) is 1. The molecule has 1 aliphatic heterocycles. The Hall–Kier alpha value is -2.23. The molecule has 1 aliphatic rings. The molecule has 0 atom stereocenters. The van der Waals surface area contributed by atoms with E-state index >= 15 is 0 Å². The zero-order valence-corrected chi connectivity index (χ0v) is 18.3. The standard InChI is InChI=1S/C16H10Cl2N4.C4H8O.Co.NO/c17-13-7-15(21-9-11-3-1-5-19-11)16(8-14(13)18)22-10-12-4-2-6-20-12;1-2-4-5-3-1;;1-2/h1-10H;1-4H2;;/q-2;;+2;. The van der Waals surface area contributed by atoms with Gasteiger partial charge in [-0.3, -0.25) is 9.98 Å². The Labute approximate surface area is 194 Å². The average molecular weight is 490 g/mol. The molecule has 1 saturated heterocycles. The van der Waals surface area contributed by atoms with E-state index in [1.807, 2.05) is 24.3 Å². The summed E-state index contributed by atoms with van der Waals surface area (Å²) in [6, 6.07) is 10.8. The van der Waals surface area contributed by atoms with Crippen LogP contribution in [0.25, 0.3) is 0 Å². The third kappa shape index (κ3) is 8.64. The molecule has 3 heterocycles. The largest absolute Gasteiger partial charge is 2.00 e. The van der Waals surface area contributed by atoms with Gasteiger partial charge in [-0.2, -0.15) is 12.4 Å². The van der Waals surface area contributed by atoms with Crippen LogP contribution in [0.1, 0.15) is 24.2 Å². The van der Waals surface area contributed by atoms with Gasteiger partial charge in [0, 0.05) is 25.6 Å². The van der Waals surface area contributed by atoms with Crippen molar-refractivity contribution in [1.82, 2.24) is 15.6 Å². The summed E-state index contributed by atoms with van der Waals surface area (Å²) < 4.78 is 4.94. The number of aromatic nitrogens is 2. The van der Waals surface area contributed by atoms with Gasteiger partial charge in [-0.05, 0) is 25.0 Å². The number of nitroso groups, excluding NO2 is 1. The summed E-state index contributed by atoms with van der Waals surface area (Å²) in [6.07, 6.45) is 9.27. The second kappa shape index (κ2) is 14.7. The minimum absolute atomic E-state index is 0. The number of halogens is 2. The molecule has 1 fully saturated rings. The normalized spacial score (nSPS) is 12.7. The van der Waals surface area contributed by atoms with E-state index in [1.165, 1.54) is 12.8 Å². The monoisotopic (exact) mass is 489 g/mol. The molecule has 0 N–H and O–H groups in total. The average Bonchev–Trinajstić information content (AvgIpc) is 3.54. The molecule has 30 heavy (non-hydrogen) atoms. The number of aliphatic imine (C=N–C) groups is 2. The van der Waals surface area contributed by atoms with Crippen LogP contribution < -0.4 is 15.6 Å². The van der Waals surface area contributed by atoms with Crippen LogP contribution in [-0.2, 0) is 21.5 Å². The zero-order chi connectivity index (χ0) is 20.9. The number of benzene rings is 1. The van der Waals surface area contributed by atoms with Crippen LogP contribution in [0, 0.1) is 4.91 Å². The smallest absolute Gasteiger partial charge is 0.663 e. The molecule has 2 radical (unpaired) electrons. The molecule has 10 heteroatoms. The fourth-order valence-corrected chi connectivity index (χ4v) is 2.61. The number of hydrogen-bond acceptors (Lipinski definition) is 4. The van der Waals surface area contributed by atoms with Gasteiger partial charge < -0.3 is 14.7 Å². The number of rotatable bonds is 4. The molecular weight excluding hydrogens is 472 g/mol. The molecule has 3 aromatic rings. The van der Waals surface area contributed by atoms with Crippen molar-refractivity contribution in [3.8, 4) is 0 Å². The van der Waals surface area contributed by atoms with Gasteiger partial charge in [-0.15, -0.1) is 16.3 Å². The zero-order valence-electron chi connectivity index (χ0n) is 15.7. The molecule has 0 aliphatic carbocycles. The first-order valence-corrected chi connectivity index (χ1v) is 9.46. The van der Waals surface area contributed by atoms with E-state index in [0.29, 0.717) is 21.4 Å². The first-order valence-electron chi connectivity index (χ1n) is 8.71. The Bertz CT molecular complexity index is 835. The van der Waals surface area contributed by atoms with E-state index in [2.05, 4.69) is 20.0 Å². The molecule has 158 valence electrons. The summed E-state index contributed by atoms with van der Waals surface area (Å²) in [6.45, 7) is 2.00. The SMILES string of the molecule is C1CCOC1.Clc1cc(N=Cc2ccc[n-]2)c(N=Cc2ccc[n-]2)cc1Cl.[Co+2].[N]=O. The van der Waals surface area contributed by atoms with Crippen molar-refractivity contribution in [1.29, 1.82) is 0 Å². The molecule has 7 nitrogen and oxygen atoms in total. The predicted octanol–water partition coefficient (Wildman–Crippen LogP) is 4.76. The van der Waals surface area contributed by atoms with Gasteiger partial charge in [0.15, 0.2) is 0 Å². The molecule has 0 saturated carbocycles. The third-order valence-electron chi connectivity index (χ3n) is 3.67. The van der Waals surface area contributed by atoms with Crippen molar-refractivity contribution in [2.45, 2.75) is 12.8 Å². The maximum Gasteiger partial charge on any atom is 2.00 e. The first kappa shape index (κ1) is 25.8. The van der Waals surface area contributed by atoms with Crippen LogP contribution in [-0.4, -0.2) is 25.6 Å². The molecular formula is C20H18Cl2CoN5O2. The molecule has 4 rings (SSSR count). The maximum absolute atomic E-state index is 7.25.